The first-order chi connectivity index (χ1) is 15.9. The van der Waals surface area contributed by atoms with Gasteiger partial charge < -0.3 is 0 Å². The topological polar surface area (TPSA) is 42.3 Å². The molecule has 2 aromatic carbocycles. The fraction of sp³-hybridized carbons (Fsp3) is 0.296. The number of rotatable bonds is 8. The maximum Gasteiger partial charge on any atom is 0.181 e. The van der Waals surface area contributed by atoms with Gasteiger partial charge >= 0.3 is 0 Å². The van der Waals surface area contributed by atoms with Crippen LogP contribution in [0.25, 0.3) is 11.3 Å². The van der Waals surface area contributed by atoms with Gasteiger partial charge in [0.2, 0.25) is 0 Å². The van der Waals surface area contributed by atoms with E-state index in [9.17, 15) is 9.18 Å². The summed E-state index contributed by atoms with van der Waals surface area (Å²) < 4.78 is 13.7. The Bertz CT molecular complexity index is 1220. The molecular weight excluding hydrogens is 458 g/mol. The number of nitrogens with zero attached hydrogens (tertiary/aromatic N) is 2. The van der Waals surface area contributed by atoms with Crippen LogP contribution in [-0.2, 0) is 12.8 Å². The molecule has 0 unspecified atom stereocenters. The van der Waals surface area contributed by atoms with Gasteiger partial charge in [0.05, 0.1) is 15.7 Å². The second-order valence-electron chi connectivity index (χ2n) is 8.43. The Balaban J connectivity index is 1.59. The highest BCUT2D eigenvalue weighted by Crippen LogP contribution is 2.26. The molecule has 0 spiro atoms. The highest BCUT2D eigenvalue weighted by Gasteiger charge is 2.15. The van der Waals surface area contributed by atoms with E-state index >= 15 is 0 Å². The Hall–Kier alpha value is -2.56. The maximum absolute atomic E-state index is 13.7. The molecule has 0 radical (unpaired) electrons. The van der Waals surface area contributed by atoms with Gasteiger partial charge in [-0.1, -0.05) is 29.3 Å². The molecule has 0 atom stereocenters. The molecule has 170 valence electrons. The monoisotopic (exact) mass is 482 g/mol. The lowest BCUT2D eigenvalue weighted by atomic mass is 9.98. The van der Waals surface area contributed by atoms with E-state index < -0.39 is 0 Å². The van der Waals surface area contributed by atoms with E-state index in [-0.39, 0.29) is 11.6 Å². The molecule has 0 amide bonds. The summed E-state index contributed by atoms with van der Waals surface area (Å²) in [4.78, 5) is 22.3. The molecule has 1 aromatic heterocycles. The number of ketones is 1. The van der Waals surface area contributed by atoms with Crippen LogP contribution in [0.3, 0.4) is 0 Å². The minimum atomic E-state index is -0.287. The van der Waals surface area contributed by atoms with Crippen LogP contribution >= 0.6 is 23.2 Å². The van der Waals surface area contributed by atoms with Crippen molar-refractivity contribution >= 4 is 34.7 Å². The first kappa shape index (κ1) is 23.6. The van der Waals surface area contributed by atoms with E-state index in [4.69, 9.17) is 23.2 Å². The number of Topliss-reactive ketones (excluding diaryl/α,β-unsaturated/α-hetero) is 1. The lowest BCUT2D eigenvalue weighted by Gasteiger charge is -2.11. The number of carbonyl (C=O) groups excluding carboxylic acids is 1. The van der Waals surface area contributed by atoms with Crippen molar-refractivity contribution in [2.75, 3.05) is 6.54 Å². The smallest absolute Gasteiger partial charge is 0.181 e. The molecule has 33 heavy (non-hydrogen) atoms. The second-order valence-corrected chi connectivity index (χ2v) is 9.24. The van der Waals surface area contributed by atoms with Gasteiger partial charge in [0.25, 0.3) is 0 Å². The van der Waals surface area contributed by atoms with Crippen molar-refractivity contribution in [1.29, 1.82) is 0 Å². The zero-order valence-electron chi connectivity index (χ0n) is 18.5. The zero-order chi connectivity index (χ0) is 23.4. The number of benzene rings is 2. The molecule has 0 saturated heterocycles. The van der Waals surface area contributed by atoms with Crippen LogP contribution < -0.4 is 0 Å². The maximum atomic E-state index is 13.7. The van der Waals surface area contributed by atoms with E-state index in [0.717, 1.165) is 54.5 Å². The quantitative estimate of drug-likeness (QED) is 0.312. The molecule has 4 rings (SSSR count). The SMILES string of the molecule is Cc1cc(F)ccc1-c1cc(CCC2=NCCC2)cc(C(=O)CCc2ccc(Cl)c(Cl)c2)n1. The first-order valence-corrected chi connectivity index (χ1v) is 11.9. The molecule has 3 aromatic rings. The van der Waals surface area contributed by atoms with Crippen LogP contribution in [0.1, 0.15) is 52.9 Å². The summed E-state index contributed by atoms with van der Waals surface area (Å²) in [6, 6.07) is 13.9. The van der Waals surface area contributed by atoms with E-state index in [2.05, 4.69) is 9.98 Å². The molecule has 0 N–H and O–H groups in total. The number of hydrogen-bond donors (Lipinski definition) is 0. The molecule has 2 heterocycles. The van der Waals surface area contributed by atoms with Crippen LogP contribution in [0, 0.1) is 12.7 Å². The third-order valence-corrected chi connectivity index (χ3v) is 6.66. The van der Waals surface area contributed by atoms with Gasteiger partial charge in [0, 0.05) is 24.2 Å². The minimum Gasteiger partial charge on any atom is -0.294 e. The third kappa shape index (κ3) is 6.07. The van der Waals surface area contributed by atoms with Gasteiger partial charge in [-0.3, -0.25) is 9.79 Å². The van der Waals surface area contributed by atoms with Crippen LogP contribution in [0.2, 0.25) is 10.0 Å². The van der Waals surface area contributed by atoms with Gasteiger partial charge in [-0.05, 0) is 98.2 Å². The number of aromatic nitrogens is 1. The first-order valence-electron chi connectivity index (χ1n) is 11.2. The summed E-state index contributed by atoms with van der Waals surface area (Å²) in [5.74, 6) is -0.327. The fourth-order valence-corrected chi connectivity index (χ4v) is 4.42. The van der Waals surface area contributed by atoms with Crippen LogP contribution in [0.4, 0.5) is 4.39 Å². The lowest BCUT2D eigenvalue weighted by Crippen LogP contribution is -2.07. The van der Waals surface area contributed by atoms with Gasteiger partial charge in [0.15, 0.2) is 5.78 Å². The Labute approximate surface area is 203 Å². The normalized spacial score (nSPS) is 13.3. The molecule has 0 fully saturated rings. The number of pyridine rings is 1. The second kappa shape index (κ2) is 10.6. The molecule has 0 aliphatic carbocycles. The summed E-state index contributed by atoms with van der Waals surface area (Å²) in [6.07, 6.45) is 4.69. The Kier molecular flexibility index (Phi) is 7.56. The molecule has 3 nitrogen and oxygen atoms in total. The van der Waals surface area contributed by atoms with Gasteiger partial charge in [-0.25, -0.2) is 9.37 Å². The van der Waals surface area contributed by atoms with Crippen molar-refractivity contribution in [2.45, 2.75) is 45.4 Å². The Morgan fingerprint density at radius 1 is 0.970 bits per heavy atom. The van der Waals surface area contributed by atoms with Gasteiger partial charge in [-0.15, -0.1) is 0 Å². The number of aryl methyl sites for hydroxylation is 3. The van der Waals surface area contributed by atoms with E-state index in [1.807, 2.05) is 25.1 Å². The summed E-state index contributed by atoms with van der Waals surface area (Å²) in [7, 11) is 0. The van der Waals surface area contributed by atoms with Crippen molar-refractivity contribution in [1.82, 2.24) is 4.98 Å². The predicted molar refractivity (Wildman–Crippen MR) is 133 cm³/mol. The highest BCUT2D eigenvalue weighted by molar-refractivity contribution is 6.42. The third-order valence-electron chi connectivity index (χ3n) is 5.92. The van der Waals surface area contributed by atoms with E-state index in [1.165, 1.54) is 17.8 Å². The lowest BCUT2D eigenvalue weighted by molar-refractivity contribution is 0.0978. The molecule has 1 aliphatic rings. The number of carbonyl (C=O) groups is 1. The van der Waals surface area contributed by atoms with Gasteiger partial charge in [-0.2, -0.15) is 0 Å². The molecular formula is C27H25Cl2FN2O. The zero-order valence-corrected chi connectivity index (χ0v) is 20.0. The standard InChI is InChI=1S/C27H25Cl2FN2O/c1-17-13-20(30)7-9-22(17)25-15-19(4-8-21-3-2-12-31-21)16-26(32-25)27(33)11-6-18-5-10-23(28)24(29)14-18/h5,7,9-10,13-16H,2-4,6,8,11-12H2,1H3. The Morgan fingerprint density at radius 2 is 1.82 bits per heavy atom. The summed E-state index contributed by atoms with van der Waals surface area (Å²) in [5.41, 5.74) is 5.96. The minimum absolute atomic E-state index is 0.0397. The fourth-order valence-electron chi connectivity index (χ4n) is 4.10. The van der Waals surface area contributed by atoms with Crippen molar-refractivity contribution in [3.05, 3.63) is 86.8 Å². The van der Waals surface area contributed by atoms with Gasteiger partial charge in [0.1, 0.15) is 11.5 Å². The van der Waals surface area contributed by atoms with Crippen LogP contribution in [-0.4, -0.2) is 23.0 Å². The van der Waals surface area contributed by atoms with Crippen molar-refractivity contribution in [3.8, 4) is 11.3 Å². The number of hydrogen-bond acceptors (Lipinski definition) is 3. The Morgan fingerprint density at radius 3 is 2.55 bits per heavy atom. The molecule has 0 saturated carbocycles. The number of aliphatic imine (C=N–C) groups is 1. The largest absolute Gasteiger partial charge is 0.294 e. The molecule has 1 aliphatic heterocycles. The molecule has 0 bridgehead atoms. The van der Waals surface area contributed by atoms with Crippen LogP contribution in [0.5, 0.6) is 0 Å². The van der Waals surface area contributed by atoms with Crippen molar-refractivity contribution in [2.24, 2.45) is 4.99 Å². The summed E-state index contributed by atoms with van der Waals surface area (Å²) in [6.45, 7) is 2.76. The van der Waals surface area contributed by atoms with E-state index in [0.29, 0.717) is 34.3 Å². The molecule has 6 heteroatoms. The average Bonchev–Trinajstić information content (AvgIpc) is 3.32. The average molecular weight is 483 g/mol. The van der Waals surface area contributed by atoms with Crippen LogP contribution in [0.15, 0.2) is 53.5 Å². The summed E-state index contributed by atoms with van der Waals surface area (Å²) in [5, 5.41) is 0.970. The highest BCUT2D eigenvalue weighted by atomic mass is 35.5. The van der Waals surface area contributed by atoms with Crippen molar-refractivity contribution < 1.29 is 9.18 Å². The van der Waals surface area contributed by atoms with Crippen molar-refractivity contribution in [3.63, 3.8) is 0 Å². The number of halogens is 3. The van der Waals surface area contributed by atoms with E-state index in [1.54, 1.807) is 18.2 Å². The summed E-state index contributed by atoms with van der Waals surface area (Å²) >= 11 is 12.1. The predicted octanol–water partition coefficient (Wildman–Crippen LogP) is 7.49.